The van der Waals surface area contributed by atoms with E-state index in [1.807, 2.05) is 47.6 Å². The number of hydrogen-bond acceptors (Lipinski definition) is 6. The molecule has 1 saturated heterocycles. The van der Waals surface area contributed by atoms with E-state index in [2.05, 4.69) is 9.88 Å². The molecule has 1 amide bonds. The number of halogens is 1. The van der Waals surface area contributed by atoms with Gasteiger partial charge in [-0.2, -0.15) is 0 Å². The third-order valence-corrected chi connectivity index (χ3v) is 5.81. The van der Waals surface area contributed by atoms with Crippen LogP contribution < -0.4 is 4.90 Å². The summed E-state index contributed by atoms with van der Waals surface area (Å²) in [5, 5.41) is 10.5. The van der Waals surface area contributed by atoms with Gasteiger partial charge >= 0.3 is 0 Å². The SMILES string of the molecule is CC(=O)N1CCN(c2nc(C)nc3c2nc(-c2ccccc2Cl)n3C(C)CO)CC1. The van der Waals surface area contributed by atoms with Crippen LogP contribution in [0.15, 0.2) is 24.3 Å². The summed E-state index contributed by atoms with van der Waals surface area (Å²) in [4.78, 5) is 29.9. The Labute approximate surface area is 180 Å². The Bertz CT molecular complexity index is 1090. The average molecular weight is 429 g/mol. The number of benzene rings is 1. The predicted octanol–water partition coefficient (Wildman–Crippen LogP) is 2.68. The van der Waals surface area contributed by atoms with Gasteiger partial charge in [0.15, 0.2) is 17.0 Å². The standard InChI is InChI=1S/C21H25ClN6O2/c1-13(12-29)28-19(16-6-4-5-7-17(16)22)25-18-20(23-14(2)24-21(18)28)27-10-8-26(9-11-27)15(3)30/h4-7,13,29H,8-12H2,1-3H3. The maximum absolute atomic E-state index is 11.7. The number of hydrogen-bond donors (Lipinski definition) is 1. The molecule has 0 spiro atoms. The van der Waals surface area contributed by atoms with Crippen molar-refractivity contribution in [3.05, 3.63) is 35.1 Å². The first-order valence-electron chi connectivity index (χ1n) is 10.0. The van der Waals surface area contributed by atoms with Gasteiger partial charge in [-0.3, -0.25) is 4.79 Å². The second-order valence-electron chi connectivity index (χ2n) is 7.58. The Morgan fingerprint density at radius 2 is 1.87 bits per heavy atom. The van der Waals surface area contributed by atoms with Gasteiger partial charge in [0.05, 0.1) is 17.7 Å². The van der Waals surface area contributed by atoms with Crippen LogP contribution in [0.25, 0.3) is 22.6 Å². The van der Waals surface area contributed by atoms with E-state index in [1.54, 1.807) is 6.92 Å². The lowest BCUT2D eigenvalue weighted by Crippen LogP contribution is -2.48. The topological polar surface area (TPSA) is 87.4 Å². The van der Waals surface area contributed by atoms with Crippen molar-refractivity contribution in [1.29, 1.82) is 0 Å². The number of aromatic nitrogens is 4. The quantitative estimate of drug-likeness (QED) is 0.687. The number of carbonyl (C=O) groups is 1. The molecule has 0 aliphatic carbocycles. The molecule has 158 valence electrons. The van der Waals surface area contributed by atoms with Crippen molar-refractivity contribution < 1.29 is 9.90 Å². The van der Waals surface area contributed by atoms with Crippen molar-refractivity contribution in [3.63, 3.8) is 0 Å². The van der Waals surface area contributed by atoms with Gasteiger partial charge in [0.25, 0.3) is 0 Å². The minimum absolute atomic E-state index is 0.0570. The molecule has 9 heteroatoms. The van der Waals surface area contributed by atoms with E-state index in [1.165, 1.54) is 0 Å². The number of piperazine rings is 1. The number of aryl methyl sites for hydroxylation is 1. The van der Waals surface area contributed by atoms with Crippen LogP contribution in [0, 0.1) is 6.92 Å². The second-order valence-corrected chi connectivity index (χ2v) is 7.98. The zero-order valence-electron chi connectivity index (χ0n) is 17.3. The van der Waals surface area contributed by atoms with Crippen LogP contribution >= 0.6 is 11.6 Å². The Kier molecular flexibility index (Phi) is 5.62. The highest BCUT2D eigenvalue weighted by atomic mass is 35.5. The molecule has 1 aliphatic rings. The Hall–Kier alpha value is -2.71. The normalized spacial score (nSPS) is 15.6. The third-order valence-electron chi connectivity index (χ3n) is 5.48. The van der Waals surface area contributed by atoms with Gasteiger partial charge in [0.2, 0.25) is 5.91 Å². The maximum Gasteiger partial charge on any atom is 0.219 e. The molecule has 1 N–H and O–H groups in total. The fraction of sp³-hybridized carbons (Fsp3) is 0.429. The van der Waals surface area contributed by atoms with Crippen molar-refractivity contribution in [3.8, 4) is 11.4 Å². The summed E-state index contributed by atoms with van der Waals surface area (Å²) < 4.78 is 1.93. The van der Waals surface area contributed by atoms with E-state index in [-0.39, 0.29) is 18.6 Å². The fourth-order valence-electron chi connectivity index (χ4n) is 3.85. The first-order chi connectivity index (χ1) is 14.4. The Morgan fingerprint density at radius 1 is 1.17 bits per heavy atom. The summed E-state index contributed by atoms with van der Waals surface area (Å²) in [7, 11) is 0. The smallest absolute Gasteiger partial charge is 0.219 e. The fourth-order valence-corrected chi connectivity index (χ4v) is 4.07. The minimum atomic E-state index is -0.238. The molecule has 1 fully saturated rings. The number of amides is 1. The number of aliphatic hydroxyl groups is 1. The highest BCUT2D eigenvalue weighted by molar-refractivity contribution is 6.33. The van der Waals surface area contributed by atoms with Gasteiger partial charge in [-0.15, -0.1) is 0 Å². The van der Waals surface area contributed by atoms with E-state index in [0.717, 1.165) is 11.4 Å². The highest BCUT2D eigenvalue weighted by Gasteiger charge is 2.27. The van der Waals surface area contributed by atoms with Gasteiger partial charge in [-0.25, -0.2) is 15.0 Å². The van der Waals surface area contributed by atoms with Crippen molar-refractivity contribution in [1.82, 2.24) is 24.4 Å². The number of fused-ring (bicyclic) bond motifs is 1. The lowest BCUT2D eigenvalue weighted by Gasteiger charge is -2.35. The lowest BCUT2D eigenvalue weighted by molar-refractivity contribution is -0.129. The molecule has 30 heavy (non-hydrogen) atoms. The molecule has 4 rings (SSSR count). The molecule has 1 aromatic carbocycles. The zero-order valence-corrected chi connectivity index (χ0v) is 18.1. The first kappa shape index (κ1) is 20.6. The van der Waals surface area contributed by atoms with Crippen molar-refractivity contribution in [2.45, 2.75) is 26.8 Å². The highest BCUT2D eigenvalue weighted by Crippen LogP contribution is 2.34. The largest absolute Gasteiger partial charge is 0.394 e. The summed E-state index contributed by atoms with van der Waals surface area (Å²) in [5.74, 6) is 2.11. The molecule has 8 nitrogen and oxygen atoms in total. The van der Waals surface area contributed by atoms with Crippen LogP contribution in [0.3, 0.4) is 0 Å². The third kappa shape index (κ3) is 3.61. The monoisotopic (exact) mass is 428 g/mol. The van der Waals surface area contributed by atoms with Crippen molar-refractivity contribution >= 4 is 34.5 Å². The number of aliphatic hydroxyl groups excluding tert-OH is 1. The molecule has 1 aliphatic heterocycles. The Balaban J connectivity index is 1.88. The number of rotatable bonds is 4. The number of carbonyl (C=O) groups excluding carboxylic acids is 1. The molecule has 3 aromatic rings. The minimum Gasteiger partial charge on any atom is -0.394 e. The van der Waals surface area contributed by atoms with Crippen LogP contribution in [0.5, 0.6) is 0 Å². The van der Waals surface area contributed by atoms with Crippen LogP contribution in [0.2, 0.25) is 5.02 Å². The van der Waals surface area contributed by atoms with E-state index in [9.17, 15) is 9.90 Å². The number of imidazole rings is 1. The zero-order chi connectivity index (χ0) is 21.4. The molecule has 1 unspecified atom stereocenters. The summed E-state index contributed by atoms with van der Waals surface area (Å²) in [6.07, 6.45) is 0. The summed E-state index contributed by atoms with van der Waals surface area (Å²) in [5.41, 5.74) is 2.12. The second kappa shape index (κ2) is 8.20. The molecular weight excluding hydrogens is 404 g/mol. The number of nitrogens with zero attached hydrogens (tertiary/aromatic N) is 6. The number of anilines is 1. The van der Waals surface area contributed by atoms with Gasteiger partial charge in [-0.05, 0) is 26.0 Å². The molecule has 2 aromatic heterocycles. The van der Waals surface area contributed by atoms with E-state index < -0.39 is 0 Å². The summed E-state index contributed by atoms with van der Waals surface area (Å²) in [6.45, 7) is 7.95. The summed E-state index contributed by atoms with van der Waals surface area (Å²) in [6, 6.07) is 7.28. The van der Waals surface area contributed by atoms with E-state index in [0.29, 0.717) is 54.0 Å². The predicted molar refractivity (Wildman–Crippen MR) is 117 cm³/mol. The molecule has 3 heterocycles. The van der Waals surface area contributed by atoms with Crippen LogP contribution in [0.1, 0.15) is 25.7 Å². The van der Waals surface area contributed by atoms with Crippen molar-refractivity contribution in [2.24, 2.45) is 0 Å². The van der Waals surface area contributed by atoms with Crippen molar-refractivity contribution in [2.75, 3.05) is 37.7 Å². The van der Waals surface area contributed by atoms with Gasteiger partial charge in [0, 0.05) is 38.7 Å². The maximum atomic E-state index is 11.7. The van der Waals surface area contributed by atoms with Crippen LogP contribution in [-0.2, 0) is 4.79 Å². The van der Waals surface area contributed by atoms with Gasteiger partial charge < -0.3 is 19.5 Å². The van der Waals surface area contributed by atoms with E-state index >= 15 is 0 Å². The van der Waals surface area contributed by atoms with Crippen LogP contribution in [-0.4, -0.2) is 68.2 Å². The molecule has 0 bridgehead atoms. The van der Waals surface area contributed by atoms with Gasteiger partial charge in [0.1, 0.15) is 11.6 Å². The molecule has 0 saturated carbocycles. The lowest BCUT2D eigenvalue weighted by atomic mass is 10.2. The molecule has 1 atom stereocenters. The average Bonchev–Trinajstić information content (AvgIpc) is 3.12. The summed E-state index contributed by atoms with van der Waals surface area (Å²) >= 11 is 6.47. The molecule has 0 radical (unpaired) electrons. The van der Waals surface area contributed by atoms with Gasteiger partial charge in [-0.1, -0.05) is 23.7 Å². The molecular formula is C21H25ClN6O2. The van der Waals surface area contributed by atoms with E-state index in [4.69, 9.17) is 21.6 Å². The van der Waals surface area contributed by atoms with Crippen LogP contribution in [0.4, 0.5) is 5.82 Å². The first-order valence-corrected chi connectivity index (χ1v) is 10.4. The Morgan fingerprint density at radius 3 is 2.50 bits per heavy atom.